The molecule has 0 saturated heterocycles. The van der Waals surface area contributed by atoms with Gasteiger partial charge in [-0.05, 0) is 128 Å². The summed E-state index contributed by atoms with van der Waals surface area (Å²) in [4.78, 5) is 0. The Kier molecular flexibility index (Phi) is 9.98. The lowest BCUT2D eigenvalue weighted by Crippen LogP contribution is -2.53. The molecule has 2 unspecified atom stereocenters. The monoisotopic (exact) mass is 545 g/mol. The Labute approximate surface area is 240 Å². The maximum atomic E-state index is 6.40. The summed E-state index contributed by atoms with van der Waals surface area (Å²) in [5.41, 5.74) is 1.34. The van der Waals surface area contributed by atoms with Gasteiger partial charge in [0, 0.05) is 6.61 Å². The molecule has 0 aromatic rings. The quantitative estimate of drug-likeness (QED) is 0.186. The molecule has 38 heavy (non-hydrogen) atoms. The van der Waals surface area contributed by atoms with Crippen LogP contribution in [0, 0.1) is 52.3 Å². The second-order valence-electron chi connectivity index (χ2n) is 17.2. The third kappa shape index (κ3) is 6.32. The van der Waals surface area contributed by atoms with E-state index in [9.17, 15) is 0 Å². The van der Waals surface area contributed by atoms with Gasteiger partial charge < -0.3 is 4.43 Å². The first kappa shape index (κ1) is 31.1. The standard InChI is InChI=1S/C36H68OSi/c1-27(15-11-13-26-37-38(8,9)34(3,4)5)16-14-17-28(2)31-21-22-32-30-20-19-29-18-10-12-24-35(29,6)33(30)23-25-36(31,32)7/h27-33H,10-26H2,1-9H3/t27?,28-,29?,30+,31-,32+,33+,35+,36-/m1/s1. The van der Waals surface area contributed by atoms with Crippen molar-refractivity contribution >= 4 is 8.32 Å². The second-order valence-corrected chi connectivity index (χ2v) is 22.1. The zero-order valence-electron chi connectivity index (χ0n) is 27.5. The van der Waals surface area contributed by atoms with Gasteiger partial charge in [0.25, 0.3) is 0 Å². The summed E-state index contributed by atoms with van der Waals surface area (Å²) < 4.78 is 6.40. The van der Waals surface area contributed by atoms with Crippen LogP contribution in [0.5, 0.6) is 0 Å². The molecule has 0 radical (unpaired) electrons. The van der Waals surface area contributed by atoms with E-state index in [0.717, 1.165) is 48.0 Å². The highest BCUT2D eigenvalue weighted by atomic mass is 28.4. The summed E-state index contributed by atoms with van der Waals surface area (Å²) >= 11 is 0. The molecule has 2 heteroatoms. The Balaban J connectivity index is 1.19. The normalized spacial score (nSPS) is 39.2. The van der Waals surface area contributed by atoms with E-state index in [-0.39, 0.29) is 0 Å². The average molecular weight is 545 g/mol. The van der Waals surface area contributed by atoms with Crippen LogP contribution in [0.1, 0.15) is 151 Å². The first-order valence-corrected chi connectivity index (χ1v) is 20.3. The SMILES string of the molecule is CC(CCCCO[Si](C)(C)C(C)(C)C)CCC[C@@H](C)[C@H]1CC[C@H]2[C@@H]3CCC4CCCC[C@]4(C)[C@H]3CC[C@]12C. The van der Waals surface area contributed by atoms with E-state index in [1.165, 1.54) is 57.8 Å². The van der Waals surface area contributed by atoms with Gasteiger partial charge in [0.2, 0.25) is 0 Å². The Hall–Kier alpha value is 0.177. The molecule has 0 bridgehead atoms. The molecule has 4 rings (SSSR count). The van der Waals surface area contributed by atoms with Crippen molar-refractivity contribution in [2.75, 3.05) is 6.61 Å². The Morgan fingerprint density at radius 3 is 2.21 bits per heavy atom. The second kappa shape index (κ2) is 12.2. The summed E-state index contributed by atoms with van der Waals surface area (Å²) in [5, 5.41) is 0.333. The van der Waals surface area contributed by atoms with Crippen LogP contribution < -0.4 is 0 Å². The molecule has 0 spiro atoms. The molecule has 0 aromatic carbocycles. The van der Waals surface area contributed by atoms with Crippen molar-refractivity contribution in [2.45, 2.75) is 169 Å². The molecule has 222 valence electrons. The minimum atomic E-state index is -1.57. The molecule has 9 atom stereocenters. The Morgan fingerprint density at radius 2 is 1.47 bits per heavy atom. The van der Waals surface area contributed by atoms with Gasteiger partial charge in [-0.25, -0.2) is 0 Å². The lowest BCUT2D eigenvalue weighted by Gasteiger charge is -2.61. The highest BCUT2D eigenvalue weighted by molar-refractivity contribution is 6.74. The summed E-state index contributed by atoms with van der Waals surface area (Å²) in [6.45, 7) is 23.5. The summed E-state index contributed by atoms with van der Waals surface area (Å²) in [7, 11) is -1.57. The van der Waals surface area contributed by atoms with E-state index < -0.39 is 8.32 Å². The van der Waals surface area contributed by atoms with E-state index >= 15 is 0 Å². The Morgan fingerprint density at radius 1 is 0.763 bits per heavy atom. The van der Waals surface area contributed by atoms with Crippen molar-refractivity contribution in [1.82, 2.24) is 0 Å². The van der Waals surface area contributed by atoms with Crippen molar-refractivity contribution in [3.05, 3.63) is 0 Å². The molecule has 4 saturated carbocycles. The first-order valence-electron chi connectivity index (χ1n) is 17.4. The van der Waals surface area contributed by atoms with Gasteiger partial charge in [0.1, 0.15) is 0 Å². The minimum Gasteiger partial charge on any atom is -0.417 e. The van der Waals surface area contributed by atoms with Gasteiger partial charge in [-0.3, -0.25) is 0 Å². The van der Waals surface area contributed by atoms with Gasteiger partial charge in [-0.15, -0.1) is 0 Å². The van der Waals surface area contributed by atoms with E-state index in [0.29, 0.717) is 15.9 Å². The number of hydrogen-bond donors (Lipinski definition) is 0. The highest BCUT2D eigenvalue weighted by Crippen LogP contribution is 2.68. The summed E-state index contributed by atoms with van der Waals surface area (Å²) in [6, 6.07) is 0. The zero-order chi connectivity index (χ0) is 27.8. The van der Waals surface area contributed by atoms with Crippen molar-refractivity contribution < 1.29 is 4.43 Å². The smallest absolute Gasteiger partial charge is 0.191 e. The summed E-state index contributed by atoms with van der Waals surface area (Å²) in [6.07, 6.45) is 23.8. The predicted molar refractivity (Wildman–Crippen MR) is 169 cm³/mol. The molecule has 4 aliphatic rings. The lowest BCUT2D eigenvalue weighted by molar-refractivity contribution is -0.114. The molecule has 4 aliphatic carbocycles. The van der Waals surface area contributed by atoms with Gasteiger partial charge >= 0.3 is 0 Å². The van der Waals surface area contributed by atoms with Crippen molar-refractivity contribution in [3.8, 4) is 0 Å². The molecule has 1 nitrogen and oxygen atoms in total. The van der Waals surface area contributed by atoms with Crippen LogP contribution in [0.2, 0.25) is 18.1 Å². The van der Waals surface area contributed by atoms with Crippen LogP contribution in [0.25, 0.3) is 0 Å². The zero-order valence-corrected chi connectivity index (χ0v) is 28.5. The number of fused-ring (bicyclic) bond motifs is 5. The van der Waals surface area contributed by atoms with Crippen LogP contribution in [-0.2, 0) is 4.43 Å². The lowest BCUT2D eigenvalue weighted by atomic mass is 9.44. The van der Waals surface area contributed by atoms with Crippen LogP contribution in [-0.4, -0.2) is 14.9 Å². The molecular formula is C36H68OSi. The largest absolute Gasteiger partial charge is 0.417 e. The molecule has 0 aromatic heterocycles. The maximum absolute atomic E-state index is 6.40. The molecule has 0 amide bonds. The van der Waals surface area contributed by atoms with Crippen LogP contribution >= 0.6 is 0 Å². The number of hydrogen-bond acceptors (Lipinski definition) is 1. The van der Waals surface area contributed by atoms with Gasteiger partial charge in [-0.1, -0.05) is 93.4 Å². The van der Waals surface area contributed by atoms with Gasteiger partial charge in [-0.2, -0.15) is 0 Å². The topological polar surface area (TPSA) is 9.23 Å². The predicted octanol–water partition coefficient (Wildman–Crippen LogP) is 11.7. The van der Waals surface area contributed by atoms with E-state index in [1.807, 2.05) is 0 Å². The van der Waals surface area contributed by atoms with Crippen LogP contribution in [0.4, 0.5) is 0 Å². The molecule has 0 aliphatic heterocycles. The number of unbranched alkanes of at least 4 members (excludes halogenated alkanes) is 1. The number of rotatable bonds is 11. The molecule has 0 N–H and O–H groups in total. The molecular weight excluding hydrogens is 476 g/mol. The highest BCUT2D eigenvalue weighted by Gasteiger charge is 2.60. The van der Waals surface area contributed by atoms with Crippen molar-refractivity contribution in [2.24, 2.45) is 52.3 Å². The van der Waals surface area contributed by atoms with Crippen LogP contribution in [0.3, 0.4) is 0 Å². The molecule has 4 fully saturated rings. The van der Waals surface area contributed by atoms with Crippen molar-refractivity contribution in [3.63, 3.8) is 0 Å². The Bertz CT molecular complexity index is 753. The van der Waals surface area contributed by atoms with Crippen molar-refractivity contribution in [1.29, 1.82) is 0 Å². The average Bonchev–Trinajstić information content (AvgIpc) is 3.20. The maximum Gasteiger partial charge on any atom is 0.191 e. The fraction of sp³-hybridized carbons (Fsp3) is 1.00. The van der Waals surface area contributed by atoms with Crippen LogP contribution in [0.15, 0.2) is 0 Å². The van der Waals surface area contributed by atoms with Gasteiger partial charge in [0.05, 0.1) is 0 Å². The van der Waals surface area contributed by atoms with E-state index in [4.69, 9.17) is 4.43 Å². The fourth-order valence-electron chi connectivity index (χ4n) is 10.5. The third-order valence-electron chi connectivity index (χ3n) is 14.1. The van der Waals surface area contributed by atoms with E-state index in [1.54, 1.807) is 44.9 Å². The fourth-order valence-corrected chi connectivity index (χ4v) is 11.6. The third-order valence-corrected chi connectivity index (χ3v) is 18.6. The molecule has 0 heterocycles. The van der Waals surface area contributed by atoms with E-state index in [2.05, 4.69) is 61.6 Å². The summed E-state index contributed by atoms with van der Waals surface area (Å²) in [5.74, 6) is 7.02. The minimum absolute atomic E-state index is 0.333. The first-order chi connectivity index (χ1) is 17.8. The van der Waals surface area contributed by atoms with Gasteiger partial charge in [0.15, 0.2) is 8.32 Å².